The van der Waals surface area contributed by atoms with Gasteiger partial charge in [-0.1, -0.05) is 6.07 Å². The molecule has 0 aromatic heterocycles. The first-order valence-electron chi connectivity index (χ1n) is 6.58. The highest BCUT2D eigenvalue weighted by Gasteiger charge is 2.41. The van der Waals surface area contributed by atoms with E-state index in [-0.39, 0.29) is 30.9 Å². The van der Waals surface area contributed by atoms with Gasteiger partial charge in [0.1, 0.15) is 12.6 Å². The van der Waals surface area contributed by atoms with Crippen LogP contribution < -0.4 is 0 Å². The topological polar surface area (TPSA) is 40.6 Å². The Bertz CT molecular complexity index is 576. The molecule has 1 aromatic carbocycles. The van der Waals surface area contributed by atoms with E-state index in [1.807, 2.05) is 0 Å². The third-order valence-electron chi connectivity index (χ3n) is 3.85. The monoisotopic (exact) mass is 280 g/mol. The first-order chi connectivity index (χ1) is 9.56. The zero-order chi connectivity index (χ0) is 14.3. The summed E-state index contributed by atoms with van der Waals surface area (Å²) in [5, 5.41) is 0. The molecule has 2 fully saturated rings. The maximum Gasteiger partial charge on any atom is 0.246 e. The Morgan fingerprint density at radius 3 is 2.75 bits per heavy atom. The summed E-state index contributed by atoms with van der Waals surface area (Å²) in [7, 11) is 0. The summed E-state index contributed by atoms with van der Waals surface area (Å²) < 4.78 is 26.0. The molecule has 1 unspecified atom stereocenters. The SMILES string of the molecule is O=C1C2CCCN2C(=O)CN1Cc1ccc(F)c(F)c1. The van der Waals surface area contributed by atoms with Crippen molar-refractivity contribution in [3.8, 4) is 0 Å². The van der Waals surface area contributed by atoms with Crippen LogP contribution in [0.2, 0.25) is 0 Å². The molecule has 1 atom stereocenters. The third-order valence-corrected chi connectivity index (χ3v) is 3.85. The second-order valence-electron chi connectivity index (χ2n) is 5.19. The Labute approximate surface area is 115 Å². The molecule has 1 aromatic rings. The normalized spacial score (nSPS) is 22.4. The first-order valence-corrected chi connectivity index (χ1v) is 6.58. The van der Waals surface area contributed by atoms with E-state index in [9.17, 15) is 18.4 Å². The van der Waals surface area contributed by atoms with Crippen molar-refractivity contribution in [3.05, 3.63) is 35.4 Å². The molecular weight excluding hydrogens is 266 g/mol. The number of halogens is 2. The van der Waals surface area contributed by atoms with Crippen molar-refractivity contribution in [1.29, 1.82) is 0 Å². The van der Waals surface area contributed by atoms with Crippen LogP contribution >= 0.6 is 0 Å². The standard InChI is InChI=1S/C14H14F2N2O2/c15-10-4-3-9(6-11(10)16)7-17-8-13(19)18-5-1-2-12(18)14(17)20/h3-4,6,12H,1-2,5,7-8H2. The molecule has 0 spiro atoms. The lowest BCUT2D eigenvalue weighted by atomic mass is 10.1. The number of fused-ring (bicyclic) bond motifs is 1. The van der Waals surface area contributed by atoms with E-state index in [0.717, 1.165) is 18.6 Å². The summed E-state index contributed by atoms with van der Waals surface area (Å²) in [6, 6.07) is 3.15. The second-order valence-corrected chi connectivity index (χ2v) is 5.19. The fourth-order valence-corrected chi connectivity index (χ4v) is 2.86. The Balaban J connectivity index is 1.78. The van der Waals surface area contributed by atoms with Crippen molar-refractivity contribution in [1.82, 2.24) is 9.80 Å². The number of carbonyl (C=O) groups excluding carboxylic acids is 2. The minimum absolute atomic E-state index is 0.00826. The average molecular weight is 280 g/mol. The molecule has 2 saturated heterocycles. The highest BCUT2D eigenvalue weighted by Crippen LogP contribution is 2.24. The molecule has 0 N–H and O–H groups in total. The highest BCUT2D eigenvalue weighted by atomic mass is 19.2. The van der Waals surface area contributed by atoms with E-state index in [2.05, 4.69) is 0 Å². The molecule has 3 rings (SSSR count). The molecule has 0 radical (unpaired) electrons. The third kappa shape index (κ3) is 2.15. The summed E-state index contributed by atoms with van der Waals surface area (Å²) >= 11 is 0. The van der Waals surface area contributed by atoms with Gasteiger partial charge in [-0.2, -0.15) is 0 Å². The molecule has 2 amide bonds. The van der Waals surface area contributed by atoms with Crippen LogP contribution in [0.3, 0.4) is 0 Å². The Morgan fingerprint density at radius 1 is 1.20 bits per heavy atom. The molecule has 2 heterocycles. The molecule has 4 nitrogen and oxygen atoms in total. The number of benzene rings is 1. The van der Waals surface area contributed by atoms with E-state index in [1.54, 1.807) is 4.90 Å². The number of rotatable bonds is 2. The second kappa shape index (κ2) is 4.85. The van der Waals surface area contributed by atoms with E-state index >= 15 is 0 Å². The predicted octanol–water partition coefficient (Wildman–Crippen LogP) is 1.30. The van der Waals surface area contributed by atoms with Gasteiger partial charge in [-0.15, -0.1) is 0 Å². The summed E-state index contributed by atoms with van der Waals surface area (Å²) in [4.78, 5) is 27.2. The summed E-state index contributed by atoms with van der Waals surface area (Å²) in [5.41, 5.74) is 0.483. The van der Waals surface area contributed by atoms with Crippen LogP contribution in [0.15, 0.2) is 18.2 Å². The molecule has 106 valence electrons. The van der Waals surface area contributed by atoms with Crippen molar-refractivity contribution < 1.29 is 18.4 Å². The number of amides is 2. The van der Waals surface area contributed by atoms with E-state index in [4.69, 9.17) is 0 Å². The van der Waals surface area contributed by atoms with Crippen LogP contribution in [0.25, 0.3) is 0 Å². The smallest absolute Gasteiger partial charge is 0.246 e. The van der Waals surface area contributed by atoms with Crippen LogP contribution in [-0.2, 0) is 16.1 Å². The molecule has 2 aliphatic heterocycles. The van der Waals surface area contributed by atoms with E-state index < -0.39 is 11.6 Å². The van der Waals surface area contributed by atoms with E-state index in [0.29, 0.717) is 18.5 Å². The zero-order valence-electron chi connectivity index (χ0n) is 10.8. The van der Waals surface area contributed by atoms with Crippen LogP contribution in [0.5, 0.6) is 0 Å². The zero-order valence-corrected chi connectivity index (χ0v) is 10.8. The molecule has 2 aliphatic rings. The van der Waals surface area contributed by atoms with Gasteiger partial charge in [0.25, 0.3) is 0 Å². The lowest BCUT2D eigenvalue weighted by molar-refractivity contribution is -0.154. The molecule has 0 aliphatic carbocycles. The van der Waals surface area contributed by atoms with Crippen molar-refractivity contribution >= 4 is 11.8 Å². The van der Waals surface area contributed by atoms with Gasteiger partial charge in [0.15, 0.2) is 11.6 Å². The van der Waals surface area contributed by atoms with Crippen molar-refractivity contribution in [3.63, 3.8) is 0 Å². The van der Waals surface area contributed by atoms with E-state index in [1.165, 1.54) is 11.0 Å². The Hall–Kier alpha value is -1.98. The van der Waals surface area contributed by atoms with Gasteiger partial charge in [-0.25, -0.2) is 8.78 Å². The largest absolute Gasteiger partial charge is 0.329 e. The molecule has 20 heavy (non-hydrogen) atoms. The van der Waals surface area contributed by atoms with Crippen LogP contribution in [-0.4, -0.2) is 40.7 Å². The minimum Gasteiger partial charge on any atom is -0.329 e. The van der Waals surface area contributed by atoms with Crippen molar-refractivity contribution in [2.45, 2.75) is 25.4 Å². The van der Waals surface area contributed by atoms with Gasteiger partial charge < -0.3 is 9.80 Å². The quantitative estimate of drug-likeness (QED) is 0.819. The predicted molar refractivity (Wildman–Crippen MR) is 66.5 cm³/mol. The van der Waals surface area contributed by atoms with Gasteiger partial charge in [-0.3, -0.25) is 9.59 Å². The summed E-state index contributed by atoms with van der Waals surface area (Å²) in [6.07, 6.45) is 1.51. The number of hydrogen-bond acceptors (Lipinski definition) is 2. The van der Waals surface area contributed by atoms with Crippen LogP contribution in [0, 0.1) is 11.6 Å². The molecular formula is C14H14F2N2O2. The van der Waals surface area contributed by atoms with Gasteiger partial charge in [0, 0.05) is 13.1 Å². The minimum atomic E-state index is -0.944. The number of carbonyl (C=O) groups is 2. The maximum absolute atomic E-state index is 13.2. The van der Waals surface area contributed by atoms with Gasteiger partial charge in [0.2, 0.25) is 11.8 Å². The van der Waals surface area contributed by atoms with Crippen LogP contribution in [0.4, 0.5) is 8.78 Å². The summed E-state index contributed by atoms with van der Waals surface area (Å²) in [6.45, 7) is 0.773. The lowest BCUT2D eigenvalue weighted by Gasteiger charge is -2.36. The van der Waals surface area contributed by atoms with Gasteiger partial charge >= 0.3 is 0 Å². The fourth-order valence-electron chi connectivity index (χ4n) is 2.86. The first kappa shape index (κ1) is 13.0. The molecule has 0 saturated carbocycles. The number of hydrogen-bond donors (Lipinski definition) is 0. The summed E-state index contributed by atoms with van der Waals surface area (Å²) in [5.74, 6) is -2.04. The lowest BCUT2D eigenvalue weighted by Crippen LogP contribution is -2.56. The fraction of sp³-hybridized carbons (Fsp3) is 0.429. The highest BCUT2D eigenvalue weighted by molar-refractivity contribution is 5.95. The number of piperazine rings is 1. The average Bonchev–Trinajstić information content (AvgIpc) is 2.90. The van der Waals surface area contributed by atoms with Gasteiger partial charge in [0.05, 0.1) is 0 Å². The molecule has 6 heteroatoms. The van der Waals surface area contributed by atoms with Gasteiger partial charge in [-0.05, 0) is 30.5 Å². The van der Waals surface area contributed by atoms with Crippen LogP contribution in [0.1, 0.15) is 18.4 Å². The Kier molecular flexibility index (Phi) is 3.16. The van der Waals surface area contributed by atoms with Crippen molar-refractivity contribution in [2.24, 2.45) is 0 Å². The number of nitrogens with zero attached hydrogens (tertiary/aromatic N) is 2. The molecule has 0 bridgehead atoms. The Morgan fingerprint density at radius 2 is 2.00 bits per heavy atom. The van der Waals surface area contributed by atoms with Crippen molar-refractivity contribution in [2.75, 3.05) is 13.1 Å². The maximum atomic E-state index is 13.2.